The van der Waals surface area contributed by atoms with Gasteiger partial charge in [0.05, 0.1) is 67.2 Å². The van der Waals surface area contributed by atoms with Crippen molar-refractivity contribution in [3.63, 3.8) is 0 Å². The number of ether oxygens (including phenoxy) is 5. The van der Waals surface area contributed by atoms with Crippen LogP contribution < -0.4 is 16.8 Å². The quantitative estimate of drug-likeness (QED) is 0.0565. The molecule has 59 heavy (non-hydrogen) atoms. The highest BCUT2D eigenvalue weighted by Gasteiger charge is 2.48. The van der Waals surface area contributed by atoms with Gasteiger partial charge in [0.25, 0.3) is 0 Å². The third kappa shape index (κ3) is 12.7. The van der Waals surface area contributed by atoms with Gasteiger partial charge in [-0.15, -0.1) is 0 Å². The van der Waals surface area contributed by atoms with Crippen molar-refractivity contribution >= 4 is 0 Å². The molecule has 0 saturated carbocycles. The second-order valence-electron chi connectivity index (χ2n) is 15.3. The van der Waals surface area contributed by atoms with E-state index in [1.807, 2.05) is 54.6 Å². The number of rotatable bonds is 20. The van der Waals surface area contributed by atoms with Gasteiger partial charge in [-0.2, -0.15) is 0 Å². The van der Waals surface area contributed by atoms with Crippen molar-refractivity contribution in [2.75, 3.05) is 46.0 Å². The SMILES string of the molecule is N[C@H]1[C@H](O[C@H]2C[C@@H](NCCN(CCN(Cc3ccccn3)Cc3ccccn3)Cc3ccccn3)[C@H](O[C@H]3C[C@@H](N)[C@H](O)O[C@@H]3CO)O[C@@H]2CO)O[C@H](CO)[C@@H](O)[C@@H]1O. The predicted molar refractivity (Wildman–Crippen MR) is 210 cm³/mol. The van der Waals surface area contributed by atoms with Gasteiger partial charge in [0.2, 0.25) is 0 Å². The molecule has 0 aromatic carbocycles. The van der Waals surface area contributed by atoms with E-state index < -0.39 is 99.5 Å². The van der Waals surface area contributed by atoms with E-state index in [0.29, 0.717) is 45.8 Å². The number of hydrogen-bond acceptors (Lipinski definition) is 19. The van der Waals surface area contributed by atoms with Gasteiger partial charge >= 0.3 is 0 Å². The summed E-state index contributed by atoms with van der Waals surface area (Å²) in [4.78, 5) is 18.3. The van der Waals surface area contributed by atoms with Crippen LogP contribution in [0, 0.1) is 0 Å². The maximum atomic E-state index is 10.6. The van der Waals surface area contributed by atoms with Crippen molar-refractivity contribution in [3.8, 4) is 0 Å². The lowest BCUT2D eigenvalue weighted by atomic mass is 9.96. The van der Waals surface area contributed by atoms with Crippen molar-refractivity contribution in [2.24, 2.45) is 11.5 Å². The molecule has 0 aliphatic carbocycles. The van der Waals surface area contributed by atoms with Crippen molar-refractivity contribution in [1.29, 1.82) is 0 Å². The molecule has 3 aromatic heterocycles. The number of aromatic nitrogens is 3. The first kappa shape index (κ1) is 45.3. The Morgan fingerprint density at radius 3 is 1.69 bits per heavy atom. The zero-order valence-electron chi connectivity index (χ0n) is 33.0. The maximum absolute atomic E-state index is 10.6. The first-order chi connectivity index (χ1) is 28.6. The highest BCUT2D eigenvalue weighted by molar-refractivity contribution is 5.07. The van der Waals surface area contributed by atoms with Gasteiger partial charge in [0, 0.05) is 64.4 Å². The van der Waals surface area contributed by atoms with E-state index in [1.54, 1.807) is 18.6 Å². The molecule has 3 aliphatic rings. The van der Waals surface area contributed by atoms with E-state index in [4.69, 9.17) is 35.2 Å². The summed E-state index contributed by atoms with van der Waals surface area (Å²) in [7, 11) is 0. The molecule has 6 heterocycles. The molecule has 0 bridgehead atoms. The maximum Gasteiger partial charge on any atom is 0.176 e. The Bertz CT molecular complexity index is 1590. The summed E-state index contributed by atoms with van der Waals surface area (Å²) in [6.45, 7) is 2.69. The van der Waals surface area contributed by atoms with Crippen LogP contribution in [-0.2, 0) is 43.3 Å². The molecule has 3 saturated heterocycles. The first-order valence-electron chi connectivity index (χ1n) is 20.2. The third-order valence-electron chi connectivity index (χ3n) is 10.9. The Balaban J connectivity index is 1.18. The molecule has 0 spiro atoms. The second-order valence-corrected chi connectivity index (χ2v) is 15.3. The van der Waals surface area contributed by atoms with Crippen LogP contribution >= 0.6 is 0 Å². The van der Waals surface area contributed by atoms with E-state index in [-0.39, 0.29) is 12.8 Å². The minimum Gasteiger partial charge on any atom is -0.394 e. The fraction of sp³-hybridized carbons (Fsp3) is 0.625. The summed E-state index contributed by atoms with van der Waals surface area (Å²) in [6, 6.07) is 15.1. The highest BCUT2D eigenvalue weighted by atomic mass is 16.7. The molecule has 19 nitrogen and oxygen atoms in total. The molecule has 0 radical (unpaired) electrons. The molecular formula is C40H60N8O11. The minimum atomic E-state index is -1.44. The lowest BCUT2D eigenvalue weighted by molar-refractivity contribution is -0.326. The monoisotopic (exact) mass is 828 g/mol. The van der Waals surface area contributed by atoms with Crippen LogP contribution in [0.1, 0.15) is 29.9 Å². The zero-order chi connectivity index (χ0) is 41.7. The van der Waals surface area contributed by atoms with Gasteiger partial charge in [-0.3, -0.25) is 24.8 Å². The topological polar surface area (TPSA) is 277 Å². The average molecular weight is 829 g/mol. The molecule has 3 aliphatic heterocycles. The molecule has 326 valence electrons. The van der Waals surface area contributed by atoms with E-state index in [2.05, 4.69) is 30.1 Å². The number of nitrogens with one attached hydrogen (secondary N) is 1. The number of aliphatic hydroxyl groups is 6. The number of pyridine rings is 3. The van der Waals surface area contributed by atoms with E-state index in [9.17, 15) is 30.6 Å². The Morgan fingerprint density at radius 2 is 1.14 bits per heavy atom. The van der Waals surface area contributed by atoms with Crippen LogP contribution in [-0.4, -0.2) is 181 Å². The van der Waals surface area contributed by atoms with Gasteiger partial charge in [-0.1, -0.05) is 18.2 Å². The van der Waals surface area contributed by atoms with Crippen LogP contribution in [0.15, 0.2) is 73.2 Å². The van der Waals surface area contributed by atoms with Crippen molar-refractivity contribution in [3.05, 3.63) is 90.3 Å². The summed E-state index contributed by atoms with van der Waals surface area (Å²) >= 11 is 0. The summed E-state index contributed by atoms with van der Waals surface area (Å²) in [6.07, 6.45) is -5.25. The van der Waals surface area contributed by atoms with E-state index in [0.717, 1.165) is 17.1 Å². The van der Waals surface area contributed by atoms with Gasteiger partial charge in [-0.25, -0.2) is 0 Å². The smallest absolute Gasteiger partial charge is 0.176 e. The summed E-state index contributed by atoms with van der Waals surface area (Å²) in [5.41, 5.74) is 15.1. The van der Waals surface area contributed by atoms with Crippen LogP contribution in [0.3, 0.4) is 0 Å². The lowest BCUT2D eigenvalue weighted by Gasteiger charge is -2.47. The molecule has 0 unspecified atom stereocenters. The Morgan fingerprint density at radius 1 is 0.627 bits per heavy atom. The molecule has 3 aromatic rings. The molecular weight excluding hydrogens is 768 g/mol. The zero-order valence-corrected chi connectivity index (χ0v) is 33.0. The Kier molecular flexibility index (Phi) is 17.4. The third-order valence-corrected chi connectivity index (χ3v) is 10.9. The summed E-state index contributed by atoms with van der Waals surface area (Å²) in [5.74, 6) is 0. The summed E-state index contributed by atoms with van der Waals surface area (Å²) < 4.78 is 30.3. The average Bonchev–Trinajstić information content (AvgIpc) is 3.25. The number of hydrogen-bond donors (Lipinski definition) is 9. The normalized spacial score (nSPS) is 32.7. The lowest BCUT2D eigenvalue weighted by Crippen LogP contribution is -2.65. The standard InChI is InChI=1S/C40H60N8O11/c41-28-17-30(32(22-49)55-38(28)54)56-39-29(18-31(33(23-50)58-39)57-40-35(42)37(53)36(52)34(24-51)59-40)46-13-14-47(19-25-7-1-4-10-43-25)15-16-48(20-26-8-2-5-11-44-26)21-27-9-3-6-12-45-27/h1-12,28-40,46,49-54H,13-24,41-42H2/t28-,29-,30+,31+,32-,33-,34-,35-,36-,37-,38-,39-,40-/m1/s1. The molecule has 13 atom stereocenters. The van der Waals surface area contributed by atoms with E-state index in [1.165, 1.54) is 0 Å². The van der Waals surface area contributed by atoms with Crippen molar-refractivity contribution in [2.45, 2.75) is 112 Å². The van der Waals surface area contributed by atoms with Crippen molar-refractivity contribution in [1.82, 2.24) is 30.1 Å². The Hall–Kier alpha value is -3.19. The van der Waals surface area contributed by atoms with E-state index >= 15 is 0 Å². The predicted octanol–water partition coefficient (Wildman–Crippen LogP) is -2.59. The highest BCUT2D eigenvalue weighted by Crippen LogP contribution is 2.31. The van der Waals surface area contributed by atoms with Gasteiger partial charge < -0.3 is 71.1 Å². The number of aliphatic hydroxyl groups excluding tert-OH is 6. The van der Waals surface area contributed by atoms with Crippen molar-refractivity contribution < 1.29 is 54.3 Å². The number of nitrogens with zero attached hydrogens (tertiary/aromatic N) is 5. The molecule has 3 fully saturated rings. The fourth-order valence-electron chi connectivity index (χ4n) is 7.59. The van der Waals surface area contributed by atoms with Gasteiger partial charge in [0.1, 0.15) is 30.5 Å². The van der Waals surface area contributed by atoms with Crippen LogP contribution in [0.4, 0.5) is 0 Å². The minimum absolute atomic E-state index is 0.168. The van der Waals surface area contributed by atoms with Crippen LogP contribution in [0.5, 0.6) is 0 Å². The molecule has 6 rings (SSSR count). The van der Waals surface area contributed by atoms with Gasteiger partial charge in [0.15, 0.2) is 18.9 Å². The number of nitrogens with two attached hydrogens (primary N) is 2. The fourth-order valence-corrected chi connectivity index (χ4v) is 7.59. The molecule has 11 N–H and O–H groups in total. The molecule has 0 amide bonds. The van der Waals surface area contributed by atoms with Crippen LogP contribution in [0.25, 0.3) is 0 Å². The summed E-state index contributed by atoms with van der Waals surface area (Å²) in [5, 5.41) is 65.1. The second kappa shape index (κ2) is 22.6. The first-order valence-corrected chi connectivity index (χ1v) is 20.2. The largest absolute Gasteiger partial charge is 0.394 e. The van der Waals surface area contributed by atoms with Crippen LogP contribution in [0.2, 0.25) is 0 Å². The molecule has 19 heteroatoms. The van der Waals surface area contributed by atoms with Gasteiger partial charge in [-0.05, 0) is 49.2 Å². The Labute approximate surface area is 343 Å².